The van der Waals surface area contributed by atoms with Crippen molar-refractivity contribution < 1.29 is 33.9 Å². The van der Waals surface area contributed by atoms with Gasteiger partial charge in [0.05, 0.1) is 6.42 Å². The maximum Gasteiger partial charge on any atom is 1.00 e. The van der Waals surface area contributed by atoms with E-state index in [9.17, 15) is 9.90 Å². The van der Waals surface area contributed by atoms with Gasteiger partial charge in [0.25, 0.3) is 0 Å². The Kier molecular flexibility index (Phi) is 14.8. The van der Waals surface area contributed by atoms with Gasteiger partial charge in [-0.25, -0.2) is 0 Å². The largest absolute Gasteiger partial charge is 1.00 e. The van der Waals surface area contributed by atoms with Crippen LogP contribution in [0, 0.1) is 0 Å². The standard InChI is InChI=1S/C11H22N2O3.Li/c1-2-3-4-10(14)9-13-8-7-12-6-5-11(15)16;/h9,12-14H,2-8H2,1H3,(H,15,16);/q;+1/p-1/b10-9-;. The Bertz CT molecular complexity index is 223. The summed E-state index contributed by atoms with van der Waals surface area (Å²) in [5.74, 6) is -0.686. The van der Waals surface area contributed by atoms with Gasteiger partial charge >= 0.3 is 24.8 Å². The summed E-state index contributed by atoms with van der Waals surface area (Å²) in [7, 11) is 0. The first-order chi connectivity index (χ1) is 7.66. The summed E-state index contributed by atoms with van der Waals surface area (Å²) in [6, 6.07) is 0. The van der Waals surface area contributed by atoms with Gasteiger partial charge in [-0.1, -0.05) is 19.8 Å². The number of hydrogen-bond acceptors (Lipinski definition) is 4. The third-order valence-corrected chi connectivity index (χ3v) is 2.00. The number of carboxylic acid groups (broad SMARTS) is 1. The number of aliphatic carboxylic acids is 1. The van der Waals surface area contributed by atoms with Gasteiger partial charge in [-0.15, -0.1) is 5.76 Å². The molecule has 17 heavy (non-hydrogen) atoms. The van der Waals surface area contributed by atoms with Gasteiger partial charge in [-0.05, 0) is 12.6 Å². The normalized spacial score (nSPS) is 10.8. The molecule has 94 valence electrons. The van der Waals surface area contributed by atoms with Crippen LogP contribution in [0.25, 0.3) is 0 Å². The molecule has 0 atom stereocenters. The summed E-state index contributed by atoms with van der Waals surface area (Å²) < 4.78 is 0. The first-order valence-electron chi connectivity index (χ1n) is 5.68. The van der Waals surface area contributed by atoms with Crippen LogP contribution in [0.15, 0.2) is 12.0 Å². The SMILES string of the molecule is CCCC/C([O-])=C/NCCNCCC(=O)O.[Li+]. The second-order valence-corrected chi connectivity index (χ2v) is 3.56. The number of carbonyl (C=O) groups is 1. The van der Waals surface area contributed by atoms with Crippen molar-refractivity contribution in [3.63, 3.8) is 0 Å². The molecule has 0 unspecified atom stereocenters. The second-order valence-electron chi connectivity index (χ2n) is 3.56. The van der Waals surface area contributed by atoms with Gasteiger partial charge in [0.2, 0.25) is 0 Å². The molecule has 0 heterocycles. The maximum absolute atomic E-state index is 11.2. The molecule has 0 bridgehead atoms. The molecule has 5 nitrogen and oxygen atoms in total. The van der Waals surface area contributed by atoms with Crippen LogP contribution in [-0.2, 0) is 4.79 Å². The van der Waals surface area contributed by atoms with Crippen molar-refractivity contribution in [3.8, 4) is 0 Å². The average molecular weight is 236 g/mol. The Morgan fingerprint density at radius 3 is 2.59 bits per heavy atom. The molecule has 0 saturated carbocycles. The number of carboxylic acids is 1. The van der Waals surface area contributed by atoms with E-state index in [0.29, 0.717) is 26.1 Å². The number of rotatable bonds is 10. The molecule has 0 aromatic heterocycles. The minimum atomic E-state index is -0.804. The van der Waals surface area contributed by atoms with Gasteiger partial charge in [-0.2, -0.15) is 0 Å². The molecule has 6 heteroatoms. The molecule has 0 aromatic rings. The zero-order chi connectivity index (χ0) is 12.2. The number of allylic oxidation sites excluding steroid dienone is 1. The van der Waals surface area contributed by atoms with Crippen molar-refractivity contribution in [3.05, 3.63) is 12.0 Å². The van der Waals surface area contributed by atoms with E-state index >= 15 is 0 Å². The summed E-state index contributed by atoms with van der Waals surface area (Å²) >= 11 is 0. The molecule has 0 aliphatic carbocycles. The van der Waals surface area contributed by atoms with Crippen LogP contribution in [0.5, 0.6) is 0 Å². The Morgan fingerprint density at radius 2 is 2.00 bits per heavy atom. The topological polar surface area (TPSA) is 84.4 Å². The van der Waals surface area contributed by atoms with Crippen LogP contribution < -0.4 is 34.6 Å². The fourth-order valence-corrected chi connectivity index (χ4v) is 1.09. The van der Waals surface area contributed by atoms with E-state index in [1.54, 1.807) is 0 Å². The molecular weight excluding hydrogens is 215 g/mol. The maximum atomic E-state index is 11.2. The van der Waals surface area contributed by atoms with E-state index in [2.05, 4.69) is 10.6 Å². The third kappa shape index (κ3) is 15.4. The number of unbranched alkanes of at least 4 members (excludes halogenated alkanes) is 1. The van der Waals surface area contributed by atoms with Crippen LogP contribution in [-0.4, -0.2) is 30.7 Å². The van der Waals surface area contributed by atoms with E-state index in [1.165, 1.54) is 6.20 Å². The van der Waals surface area contributed by atoms with Crippen molar-refractivity contribution in [1.82, 2.24) is 10.6 Å². The van der Waals surface area contributed by atoms with Gasteiger partial charge in [-0.3, -0.25) is 4.79 Å². The van der Waals surface area contributed by atoms with Gasteiger partial charge < -0.3 is 20.8 Å². The van der Waals surface area contributed by atoms with Crippen molar-refractivity contribution >= 4 is 5.97 Å². The number of hydrogen-bond donors (Lipinski definition) is 3. The third-order valence-electron chi connectivity index (χ3n) is 2.00. The molecule has 0 spiro atoms. The second kappa shape index (κ2) is 13.4. The van der Waals surface area contributed by atoms with Crippen molar-refractivity contribution in [2.24, 2.45) is 0 Å². The molecule has 0 rings (SSSR count). The van der Waals surface area contributed by atoms with E-state index < -0.39 is 5.97 Å². The van der Waals surface area contributed by atoms with Crippen LogP contribution in [0.3, 0.4) is 0 Å². The molecule has 0 amide bonds. The summed E-state index contributed by atoms with van der Waals surface area (Å²) in [5.41, 5.74) is 0. The van der Waals surface area contributed by atoms with E-state index in [1.807, 2.05) is 6.92 Å². The predicted molar refractivity (Wildman–Crippen MR) is 60.7 cm³/mol. The molecule has 0 saturated heterocycles. The zero-order valence-corrected chi connectivity index (χ0v) is 10.8. The number of nitrogens with one attached hydrogen (secondary N) is 2. The first-order valence-corrected chi connectivity index (χ1v) is 5.68. The monoisotopic (exact) mass is 236 g/mol. The van der Waals surface area contributed by atoms with Crippen LogP contribution in [0.4, 0.5) is 0 Å². The molecule has 0 aliphatic rings. The van der Waals surface area contributed by atoms with Gasteiger partial charge in [0.1, 0.15) is 0 Å². The van der Waals surface area contributed by atoms with Crippen LogP contribution >= 0.6 is 0 Å². The van der Waals surface area contributed by atoms with Crippen molar-refractivity contribution in [1.29, 1.82) is 0 Å². The Hall–Kier alpha value is -0.633. The van der Waals surface area contributed by atoms with Gasteiger partial charge in [0, 0.05) is 19.6 Å². The molecule has 0 fully saturated rings. The zero-order valence-electron chi connectivity index (χ0n) is 10.8. The molecule has 0 aliphatic heterocycles. The summed E-state index contributed by atoms with van der Waals surface area (Å²) in [5, 5.41) is 25.4. The van der Waals surface area contributed by atoms with Crippen LogP contribution in [0.2, 0.25) is 0 Å². The quantitative estimate of drug-likeness (QED) is 0.214. The van der Waals surface area contributed by atoms with Crippen molar-refractivity contribution in [2.45, 2.75) is 32.6 Å². The first kappa shape index (κ1) is 18.7. The Labute approximate surface area is 115 Å². The minimum Gasteiger partial charge on any atom is -0.874 e. The summed E-state index contributed by atoms with van der Waals surface area (Å²) in [6.45, 7) is 3.80. The van der Waals surface area contributed by atoms with E-state index in [0.717, 1.165) is 12.8 Å². The Balaban J connectivity index is 0. The average Bonchev–Trinajstić information content (AvgIpc) is 2.24. The van der Waals surface area contributed by atoms with Crippen LogP contribution in [0.1, 0.15) is 32.6 Å². The van der Waals surface area contributed by atoms with Gasteiger partial charge in [0.15, 0.2) is 0 Å². The Morgan fingerprint density at radius 1 is 1.29 bits per heavy atom. The minimum absolute atomic E-state index is 0. The predicted octanol–water partition coefficient (Wildman–Crippen LogP) is -2.96. The summed E-state index contributed by atoms with van der Waals surface area (Å²) in [4.78, 5) is 10.2. The molecule has 0 radical (unpaired) electrons. The molecule has 0 aromatic carbocycles. The van der Waals surface area contributed by atoms with E-state index in [4.69, 9.17) is 5.11 Å². The fourth-order valence-electron chi connectivity index (χ4n) is 1.09. The molecular formula is C11H21LiN2O3. The smallest absolute Gasteiger partial charge is 0.874 e. The fraction of sp³-hybridized carbons (Fsp3) is 0.727. The molecule has 3 N–H and O–H groups in total. The summed E-state index contributed by atoms with van der Waals surface area (Å²) in [6.07, 6.45) is 4.16. The van der Waals surface area contributed by atoms with Crippen molar-refractivity contribution in [2.75, 3.05) is 19.6 Å². The van der Waals surface area contributed by atoms with E-state index in [-0.39, 0.29) is 31.0 Å².